The van der Waals surface area contributed by atoms with Crippen LogP contribution >= 0.6 is 11.3 Å². The van der Waals surface area contributed by atoms with Gasteiger partial charge in [0.1, 0.15) is 4.88 Å². The van der Waals surface area contributed by atoms with Crippen LogP contribution in [0.5, 0.6) is 0 Å². The van der Waals surface area contributed by atoms with Crippen LogP contribution in [0.1, 0.15) is 35.1 Å². The average Bonchev–Trinajstić information content (AvgIpc) is 2.90. The normalized spacial score (nSPS) is 18.3. The summed E-state index contributed by atoms with van der Waals surface area (Å²) in [7, 11) is 0. The molecule has 1 saturated heterocycles. The molecule has 1 atom stereocenters. The molecule has 4 nitrogen and oxygen atoms in total. The third kappa shape index (κ3) is 3.30. The highest BCUT2D eigenvalue weighted by Gasteiger charge is 2.22. The number of anilines is 2. The van der Waals surface area contributed by atoms with E-state index in [0.29, 0.717) is 10.8 Å². The van der Waals surface area contributed by atoms with Gasteiger partial charge in [-0.05, 0) is 37.8 Å². The Hall–Kier alpha value is -1.88. The van der Waals surface area contributed by atoms with Gasteiger partial charge in [0, 0.05) is 18.8 Å². The van der Waals surface area contributed by atoms with Gasteiger partial charge in [0.05, 0.1) is 5.69 Å². The molecule has 2 aromatic rings. The van der Waals surface area contributed by atoms with E-state index in [9.17, 15) is 4.79 Å². The maximum absolute atomic E-state index is 12.4. The molecule has 22 heavy (non-hydrogen) atoms. The zero-order valence-electron chi connectivity index (χ0n) is 13.0. The molecule has 5 heteroatoms. The van der Waals surface area contributed by atoms with Crippen LogP contribution in [0.4, 0.5) is 10.8 Å². The van der Waals surface area contributed by atoms with Crippen molar-refractivity contribution < 1.29 is 4.79 Å². The molecular weight excluding hydrogens is 294 g/mol. The van der Waals surface area contributed by atoms with Gasteiger partial charge in [-0.1, -0.05) is 36.5 Å². The topological polar surface area (TPSA) is 45.2 Å². The molecule has 0 saturated carbocycles. The number of rotatable bonds is 3. The number of hydrogen-bond acceptors (Lipinski definition) is 4. The summed E-state index contributed by atoms with van der Waals surface area (Å²) in [5.74, 6) is 0.622. The highest BCUT2D eigenvalue weighted by molar-refractivity contribution is 7.17. The summed E-state index contributed by atoms with van der Waals surface area (Å²) < 4.78 is 0. The summed E-state index contributed by atoms with van der Waals surface area (Å²) in [6, 6.07) is 9.54. The molecular formula is C17H21N3OS. The van der Waals surface area contributed by atoms with E-state index in [1.165, 1.54) is 24.2 Å². The number of nitrogens with one attached hydrogen (secondary N) is 1. The van der Waals surface area contributed by atoms with E-state index in [2.05, 4.69) is 22.1 Å². The summed E-state index contributed by atoms with van der Waals surface area (Å²) in [6.07, 6.45) is 2.48. The smallest absolute Gasteiger partial charge is 0.267 e. The molecule has 1 aromatic heterocycles. The summed E-state index contributed by atoms with van der Waals surface area (Å²) in [4.78, 5) is 20.1. The second-order valence-corrected chi connectivity index (χ2v) is 6.90. The van der Waals surface area contributed by atoms with Crippen LogP contribution in [0.2, 0.25) is 0 Å². The van der Waals surface area contributed by atoms with Crippen molar-refractivity contribution in [2.75, 3.05) is 23.3 Å². The van der Waals surface area contributed by atoms with Crippen molar-refractivity contribution >= 4 is 28.1 Å². The fraction of sp³-hybridized carbons (Fsp3) is 0.412. The Labute approximate surface area is 135 Å². The van der Waals surface area contributed by atoms with Crippen LogP contribution in [0.15, 0.2) is 30.3 Å². The van der Waals surface area contributed by atoms with Gasteiger partial charge in [0.2, 0.25) is 0 Å². The van der Waals surface area contributed by atoms with E-state index in [1.54, 1.807) is 0 Å². The highest BCUT2D eigenvalue weighted by atomic mass is 32.1. The molecule has 2 heterocycles. The third-order valence-electron chi connectivity index (χ3n) is 3.95. The maximum atomic E-state index is 12.4. The van der Waals surface area contributed by atoms with Crippen molar-refractivity contribution in [2.45, 2.75) is 26.7 Å². The number of carbonyl (C=O) groups excluding carboxylic acids is 1. The first kappa shape index (κ1) is 15.0. The molecule has 1 amide bonds. The minimum absolute atomic E-state index is 0.0718. The first-order valence-electron chi connectivity index (χ1n) is 7.72. The SMILES string of the molecule is Cc1nc(N2CCCC(C)C2)sc1C(=O)Nc1ccccc1. The molecule has 1 aromatic carbocycles. The number of piperidine rings is 1. The third-order valence-corrected chi connectivity index (χ3v) is 5.17. The fourth-order valence-corrected chi connectivity index (χ4v) is 3.80. The molecule has 1 unspecified atom stereocenters. The summed E-state index contributed by atoms with van der Waals surface area (Å²) in [5.41, 5.74) is 1.63. The zero-order chi connectivity index (χ0) is 15.5. The molecule has 0 radical (unpaired) electrons. The lowest BCUT2D eigenvalue weighted by atomic mass is 10.0. The van der Waals surface area contributed by atoms with Crippen molar-refractivity contribution in [1.29, 1.82) is 0 Å². The Balaban J connectivity index is 1.75. The van der Waals surface area contributed by atoms with E-state index in [-0.39, 0.29) is 5.91 Å². The number of hydrogen-bond donors (Lipinski definition) is 1. The molecule has 116 valence electrons. The number of benzene rings is 1. The lowest BCUT2D eigenvalue weighted by molar-refractivity contribution is 0.103. The van der Waals surface area contributed by atoms with Gasteiger partial charge >= 0.3 is 0 Å². The summed E-state index contributed by atoms with van der Waals surface area (Å²) in [6.45, 7) is 6.26. The number of amides is 1. The molecule has 3 rings (SSSR count). The van der Waals surface area contributed by atoms with Gasteiger partial charge in [0.25, 0.3) is 5.91 Å². The van der Waals surface area contributed by atoms with Crippen molar-refractivity contribution in [3.05, 3.63) is 40.9 Å². The lowest BCUT2D eigenvalue weighted by Crippen LogP contribution is -2.34. The van der Waals surface area contributed by atoms with Gasteiger partial charge in [0.15, 0.2) is 5.13 Å². The number of nitrogens with zero attached hydrogens (tertiary/aromatic N) is 2. The quantitative estimate of drug-likeness (QED) is 0.933. The van der Waals surface area contributed by atoms with Crippen LogP contribution in [-0.2, 0) is 0 Å². The summed E-state index contributed by atoms with van der Waals surface area (Å²) in [5, 5.41) is 3.91. The molecule has 1 N–H and O–H groups in total. The molecule has 1 aliphatic rings. The standard InChI is InChI=1S/C17H21N3OS/c1-12-7-6-10-20(11-12)17-18-13(2)15(22-17)16(21)19-14-8-4-3-5-9-14/h3-5,8-9,12H,6-7,10-11H2,1-2H3,(H,19,21). The van der Waals surface area contributed by atoms with Crippen LogP contribution in [0.3, 0.4) is 0 Å². The minimum Gasteiger partial charge on any atom is -0.348 e. The van der Waals surface area contributed by atoms with E-state index < -0.39 is 0 Å². The maximum Gasteiger partial charge on any atom is 0.267 e. The molecule has 1 aliphatic heterocycles. The van der Waals surface area contributed by atoms with Gasteiger partial charge in [-0.25, -0.2) is 4.98 Å². The van der Waals surface area contributed by atoms with Crippen molar-refractivity contribution in [1.82, 2.24) is 4.98 Å². The average molecular weight is 315 g/mol. The Morgan fingerprint density at radius 2 is 2.14 bits per heavy atom. The second-order valence-electron chi connectivity index (χ2n) is 5.92. The Bertz CT molecular complexity index is 653. The van der Waals surface area contributed by atoms with E-state index in [1.807, 2.05) is 37.3 Å². The number of carbonyl (C=O) groups is 1. The Kier molecular flexibility index (Phi) is 4.43. The van der Waals surface area contributed by atoms with E-state index in [4.69, 9.17) is 0 Å². The number of thiazole rings is 1. The predicted octanol–water partition coefficient (Wildman–Crippen LogP) is 3.94. The van der Waals surface area contributed by atoms with Crippen LogP contribution < -0.4 is 10.2 Å². The summed E-state index contributed by atoms with van der Waals surface area (Å²) >= 11 is 1.50. The van der Waals surface area contributed by atoms with E-state index >= 15 is 0 Å². The first-order valence-corrected chi connectivity index (χ1v) is 8.54. The number of para-hydroxylation sites is 1. The van der Waals surface area contributed by atoms with Crippen LogP contribution in [0, 0.1) is 12.8 Å². The highest BCUT2D eigenvalue weighted by Crippen LogP contribution is 2.30. The lowest BCUT2D eigenvalue weighted by Gasteiger charge is -2.30. The van der Waals surface area contributed by atoms with Crippen molar-refractivity contribution in [3.63, 3.8) is 0 Å². The van der Waals surface area contributed by atoms with Crippen molar-refractivity contribution in [3.8, 4) is 0 Å². The zero-order valence-corrected chi connectivity index (χ0v) is 13.8. The van der Waals surface area contributed by atoms with Crippen molar-refractivity contribution in [2.24, 2.45) is 5.92 Å². The number of aromatic nitrogens is 1. The predicted molar refractivity (Wildman–Crippen MR) is 91.9 cm³/mol. The molecule has 1 fully saturated rings. The largest absolute Gasteiger partial charge is 0.348 e. The van der Waals surface area contributed by atoms with Crippen LogP contribution in [-0.4, -0.2) is 24.0 Å². The Morgan fingerprint density at radius 3 is 2.86 bits per heavy atom. The van der Waals surface area contributed by atoms with E-state index in [0.717, 1.165) is 29.6 Å². The Morgan fingerprint density at radius 1 is 1.36 bits per heavy atom. The minimum atomic E-state index is -0.0718. The van der Waals surface area contributed by atoms with Gasteiger partial charge in [-0.3, -0.25) is 4.79 Å². The fourth-order valence-electron chi connectivity index (χ4n) is 2.80. The monoisotopic (exact) mass is 315 g/mol. The van der Waals surface area contributed by atoms with Crippen LogP contribution in [0.25, 0.3) is 0 Å². The second kappa shape index (κ2) is 6.48. The number of aryl methyl sites for hydroxylation is 1. The first-order chi connectivity index (χ1) is 10.6. The van der Waals surface area contributed by atoms with Gasteiger partial charge in [-0.15, -0.1) is 0 Å². The van der Waals surface area contributed by atoms with Gasteiger partial charge < -0.3 is 10.2 Å². The van der Waals surface area contributed by atoms with Gasteiger partial charge in [-0.2, -0.15) is 0 Å². The molecule has 0 aliphatic carbocycles. The molecule has 0 spiro atoms. The molecule has 0 bridgehead atoms.